The number of unbranched alkanes of at least 4 members (excludes halogenated alkanes) is 1. The minimum atomic E-state index is -0.859. The zero-order chi connectivity index (χ0) is 18.9. The number of ether oxygens (including phenoxy) is 3. The van der Waals surface area contributed by atoms with Crippen LogP contribution >= 0.6 is 0 Å². The summed E-state index contributed by atoms with van der Waals surface area (Å²) in [5.41, 5.74) is 0. The molecule has 0 radical (unpaired) electrons. The number of rotatable bonds is 12. The molecule has 140 valence electrons. The van der Waals surface area contributed by atoms with Crippen LogP contribution in [0.2, 0.25) is 0 Å². The lowest BCUT2D eigenvalue weighted by Crippen LogP contribution is -2.06. The molecule has 25 heavy (non-hydrogen) atoms. The van der Waals surface area contributed by atoms with E-state index in [0.717, 1.165) is 31.6 Å². The largest absolute Gasteiger partial charge is 0.463 e. The van der Waals surface area contributed by atoms with Gasteiger partial charge in [-0.15, -0.1) is 0 Å². The second-order valence-electron chi connectivity index (χ2n) is 4.39. The second-order valence-corrected chi connectivity index (χ2v) is 4.39. The lowest BCUT2D eigenvalue weighted by molar-refractivity contribution is -0.455. The van der Waals surface area contributed by atoms with Gasteiger partial charge in [0.15, 0.2) is 0 Å². The first-order valence-electron chi connectivity index (χ1n) is 7.36. The molecular weight excluding hydrogens is 336 g/mol. The van der Waals surface area contributed by atoms with Gasteiger partial charge in [0, 0.05) is 29.9 Å². The average Bonchev–Trinajstić information content (AvgIpc) is 3.45. The fraction of sp³-hybridized carbons (Fsp3) is 0.438. The van der Waals surface area contributed by atoms with Gasteiger partial charge in [0.05, 0.1) is 19.8 Å². The molecule has 1 aliphatic heterocycles. The molecule has 0 spiro atoms. The minimum absolute atomic E-state index is 0.327. The Hall–Kier alpha value is -2.49. The Morgan fingerprint density at radius 1 is 0.920 bits per heavy atom. The van der Waals surface area contributed by atoms with Crippen LogP contribution in [0.5, 0.6) is 0 Å². The van der Waals surface area contributed by atoms with Crippen LogP contribution in [-0.2, 0) is 43.4 Å². The van der Waals surface area contributed by atoms with E-state index in [4.69, 9.17) is 14.2 Å². The van der Waals surface area contributed by atoms with Crippen molar-refractivity contribution in [2.45, 2.75) is 18.9 Å². The quantitative estimate of drug-likeness (QED) is 0.127. The SMILES string of the molecule is C=CC(=O)OCCCCOCC1CO1.C=CC(=O)OOOC(=O)C=C. The van der Waals surface area contributed by atoms with Crippen LogP contribution in [-0.4, -0.2) is 50.4 Å². The van der Waals surface area contributed by atoms with E-state index in [-0.39, 0.29) is 5.97 Å². The molecule has 0 aromatic carbocycles. The van der Waals surface area contributed by atoms with Crippen molar-refractivity contribution in [3.63, 3.8) is 0 Å². The zero-order valence-electron chi connectivity index (χ0n) is 13.8. The highest BCUT2D eigenvalue weighted by Crippen LogP contribution is 2.08. The van der Waals surface area contributed by atoms with Crippen molar-refractivity contribution in [3.8, 4) is 0 Å². The Labute approximate surface area is 145 Å². The maximum Gasteiger partial charge on any atom is 0.369 e. The summed E-state index contributed by atoms with van der Waals surface area (Å²) in [7, 11) is 0. The second kappa shape index (κ2) is 15.1. The van der Waals surface area contributed by atoms with E-state index in [1.54, 1.807) is 0 Å². The summed E-state index contributed by atoms with van der Waals surface area (Å²) in [5, 5.41) is 3.70. The average molecular weight is 358 g/mol. The van der Waals surface area contributed by atoms with Crippen molar-refractivity contribution < 1.29 is 43.4 Å². The summed E-state index contributed by atoms with van der Waals surface area (Å²) in [6.45, 7) is 12.1. The standard InChI is InChI=1S/C10H16O4.C6H6O5/c1-2-10(11)13-6-4-3-5-12-7-9-8-14-9;1-3-5(7)9-11-10-6(8)4-2/h2,9H,1,3-8H2;3-4H,1-2H2. The molecule has 9 heteroatoms. The highest BCUT2D eigenvalue weighted by atomic mass is 17.5. The lowest BCUT2D eigenvalue weighted by Gasteiger charge is -2.02. The van der Waals surface area contributed by atoms with Gasteiger partial charge in [0.25, 0.3) is 0 Å². The Bertz CT molecular complexity index is 435. The fourth-order valence-corrected chi connectivity index (χ4v) is 1.07. The molecule has 1 saturated heterocycles. The van der Waals surface area contributed by atoms with Gasteiger partial charge < -0.3 is 14.2 Å². The van der Waals surface area contributed by atoms with Crippen molar-refractivity contribution >= 4 is 17.9 Å². The van der Waals surface area contributed by atoms with Crippen LogP contribution < -0.4 is 0 Å². The third-order valence-corrected chi connectivity index (χ3v) is 2.37. The first-order valence-corrected chi connectivity index (χ1v) is 7.36. The van der Waals surface area contributed by atoms with Crippen molar-refractivity contribution in [2.24, 2.45) is 0 Å². The first kappa shape index (κ1) is 22.5. The van der Waals surface area contributed by atoms with E-state index < -0.39 is 11.9 Å². The van der Waals surface area contributed by atoms with Gasteiger partial charge in [-0.1, -0.05) is 19.7 Å². The molecule has 1 heterocycles. The monoisotopic (exact) mass is 358 g/mol. The van der Waals surface area contributed by atoms with Crippen LogP contribution in [0.3, 0.4) is 0 Å². The smallest absolute Gasteiger partial charge is 0.369 e. The summed E-state index contributed by atoms with van der Waals surface area (Å²) in [5.74, 6) is -2.08. The van der Waals surface area contributed by atoms with Crippen LogP contribution in [0.15, 0.2) is 38.0 Å². The maximum atomic E-state index is 10.6. The normalized spacial score (nSPS) is 14.2. The highest BCUT2D eigenvalue weighted by molar-refractivity contribution is 5.81. The molecular formula is C16H22O9. The minimum Gasteiger partial charge on any atom is -0.463 e. The van der Waals surface area contributed by atoms with Gasteiger partial charge in [0.2, 0.25) is 0 Å². The Morgan fingerprint density at radius 3 is 1.92 bits per heavy atom. The van der Waals surface area contributed by atoms with Crippen molar-refractivity contribution in [2.75, 3.05) is 26.4 Å². The lowest BCUT2D eigenvalue weighted by atomic mass is 10.3. The first-order chi connectivity index (χ1) is 12.0. The predicted octanol–water partition coefficient (Wildman–Crippen LogP) is 1.20. The maximum absolute atomic E-state index is 10.6. The summed E-state index contributed by atoms with van der Waals surface area (Å²) >= 11 is 0. The summed E-state index contributed by atoms with van der Waals surface area (Å²) in [6, 6.07) is 0. The Balaban J connectivity index is 0.000000477. The van der Waals surface area contributed by atoms with Gasteiger partial charge in [-0.25, -0.2) is 14.4 Å². The van der Waals surface area contributed by atoms with E-state index in [1.165, 1.54) is 6.08 Å². The number of hydrogen-bond donors (Lipinski definition) is 0. The number of hydrogen-bond acceptors (Lipinski definition) is 9. The molecule has 0 saturated carbocycles. The van der Waals surface area contributed by atoms with E-state index in [1.807, 2.05) is 0 Å². The fourth-order valence-electron chi connectivity index (χ4n) is 1.07. The van der Waals surface area contributed by atoms with E-state index in [9.17, 15) is 14.4 Å². The Morgan fingerprint density at radius 2 is 1.44 bits per heavy atom. The number of carbonyl (C=O) groups excluding carboxylic acids is 3. The topological polar surface area (TPSA) is 110 Å². The summed E-state index contributed by atoms with van der Waals surface area (Å²) in [6.07, 6.45) is 4.92. The third-order valence-electron chi connectivity index (χ3n) is 2.37. The molecule has 9 nitrogen and oxygen atoms in total. The Kier molecular flexibility index (Phi) is 13.6. The van der Waals surface area contributed by atoms with Crippen LogP contribution in [0.4, 0.5) is 0 Å². The van der Waals surface area contributed by atoms with Gasteiger partial charge in [-0.05, 0) is 12.8 Å². The molecule has 0 amide bonds. The van der Waals surface area contributed by atoms with Crippen molar-refractivity contribution in [3.05, 3.63) is 38.0 Å². The van der Waals surface area contributed by atoms with Gasteiger partial charge in [-0.2, -0.15) is 0 Å². The predicted molar refractivity (Wildman–Crippen MR) is 84.6 cm³/mol. The van der Waals surface area contributed by atoms with Crippen LogP contribution in [0, 0.1) is 0 Å². The van der Waals surface area contributed by atoms with Gasteiger partial charge >= 0.3 is 17.9 Å². The van der Waals surface area contributed by atoms with Crippen LogP contribution in [0.25, 0.3) is 0 Å². The zero-order valence-corrected chi connectivity index (χ0v) is 13.8. The third kappa shape index (κ3) is 16.2. The highest BCUT2D eigenvalue weighted by Gasteiger charge is 2.21. The number of epoxide rings is 1. The number of carbonyl (C=O) groups is 3. The van der Waals surface area contributed by atoms with Crippen molar-refractivity contribution in [1.29, 1.82) is 0 Å². The molecule has 0 aromatic heterocycles. The van der Waals surface area contributed by atoms with E-state index in [0.29, 0.717) is 25.9 Å². The molecule has 1 unspecified atom stereocenters. The molecule has 1 rings (SSSR count). The molecule has 1 aliphatic rings. The number of esters is 1. The molecule has 0 aromatic rings. The molecule has 0 N–H and O–H groups in total. The van der Waals surface area contributed by atoms with E-state index >= 15 is 0 Å². The van der Waals surface area contributed by atoms with Gasteiger partial charge in [-0.3, -0.25) is 9.78 Å². The molecule has 1 atom stereocenters. The molecule has 0 aliphatic carbocycles. The molecule has 0 bridgehead atoms. The summed E-state index contributed by atoms with van der Waals surface area (Å²) < 4.78 is 15.1. The molecule has 1 fully saturated rings. The van der Waals surface area contributed by atoms with Crippen molar-refractivity contribution in [1.82, 2.24) is 0 Å². The summed E-state index contributed by atoms with van der Waals surface area (Å²) in [4.78, 5) is 38.6. The van der Waals surface area contributed by atoms with Crippen LogP contribution in [0.1, 0.15) is 12.8 Å². The van der Waals surface area contributed by atoms with Gasteiger partial charge in [0.1, 0.15) is 6.10 Å². The van der Waals surface area contributed by atoms with E-state index in [2.05, 4.69) is 34.6 Å².